The Morgan fingerprint density at radius 1 is 1.06 bits per heavy atom. The minimum atomic E-state index is -0.322. The maximum Gasteiger partial charge on any atom is 0.274 e. The number of aromatic amines is 1. The van der Waals surface area contributed by atoms with E-state index in [1.807, 2.05) is 4.90 Å². The smallest absolute Gasteiger partial charge is 0.274 e. The molecule has 2 aromatic heterocycles. The van der Waals surface area contributed by atoms with Crippen molar-refractivity contribution in [1.29, 1.82) is 0 Å². The first kappa shape index (κ1) is 18.7. The van der Waals surface area contributed by atoms with Crippen LogP contribution in [0.15, 0.2) is 24.3 Å². The number of carbonyl (C=O) groups is 1. The Morgan fingerprint density at radius 2 is 1.87 bits per heavy atom. The highest BCUT2D eigenvalue weighted by molar-refractivity contribution is 5.94. The number of likely N-dealkylation sites (tertiary alicyclic amines) is 1. The van der Waals surface area contributed by atoms with Gasteiger partial charge in [0.1, 0.15) is 17.3 Å². The maximum atomic E-state index is 14.4. The van der Waals surface area contributed by atoms with Crippen molar-refractivity contribution in [2.45, 2.75) is 56.8 Å². The van der Waals surface area contributed by atoms with Crippen LogP contribution in [0, 0.1) is 5.82 Å². The van der Waals surface area contributed by atoms with Crippen LogP contribution >= 0.6 is 0 Å². The van der Waals surface area contributed by atoms with Gasteiger partial charge in [-0.25, -0.2) is 14.1 Å². The highest BCUT2D eigenvalue weighted by Crippen LogP contribution is 2.39. The van der Waals surface area contributed by atoms with E-state index in [1.54, 1.807) is 22.9 Å². The van der Waals surface area contributed by atoms with Gasteiger partial charge in [0, 0.05) is 36.2 Å². The first-order chi connectivity index (χ1) is 15.2. The summed E-state index contributed by atoms with van der Waals surface area (Å²) in [5.41, 5.74) is 2.86. The Hall–Kier alpha value is -3.03. The van der Waals surface area contributed by atoms with Crippen LogP contribution in [-0.2, 0) is 12.8 Å². The van der Waals surface area contributed by atoms with Crippen molar-refractivity contribution < 1.29 is 9.18 Å². The van der Waals surface area contributed by atoms with Crippen LogP contribution in [-0.4, -0.2) is 48.9 Å². The Balaban J connectivity index is 1.21. The molecule has 8 heteroatoms. The van der Waals surface area contributed by atoms with Gasteiger partial charge in [0.2, 0.25) is 0 Å². The summed E-state index contributed by atoms with van der Waals surface area (Å²) in [5, 5.41) is 12.1. The molecule has 0 unspecified atom stereocenters. The molecule has 160 valence electrons. The molecule has 1 aliphatic heterocycles. The van der Waals surface area contributed by atoms with Gasteiger partial charge in [-0.15, -0.1) is 0 Å². The molecule has 1 aromatic carbocycles. The fourth-order valence-corrected chi connectivity index (χ4v) is 4.93. The van der Waals surface area contributed by atoms with Gasteiger partial charge in [0.15, 0.2) is 11.5 Å². The number of aromatic nitrogens is 5. The third-order valence-electron chi connectivity index (χ3n) is 6.84. The van der Waals surface area contributed by atoms with Crippen molar-refractivity contribution in [2.75, 3.05) is 13.1 Å². The second-order valence-corrected chi connectivity index (χ2v) is 8.91. The van der Waals surface area contributed by atoms with E-state index in [0.29, 0.717) is 36.3 Å². The number of hydrogen-bond donors (Lipinski definition) is 1. The standard InChI is InChI=1S/C23H25FN6O/c24-17-5-1-2-6-19(17)30-18-7-3-4-16(18)20(28-30)23(31)29-12-10-15(11-13-29)22-25-21(26-27-22)14-8-9-14/h1-2,5-6,14-15H,3-4,7-13H2,(H,25,26,27). The van der Waals surface area contributed by atoms with Crippen molar-refractivity contribution >= 4 is 5.91 Å². The number of piperidine rings is 1. The van der Waals surface area contributed by atoms with Crippen LogP contribution < -0.4 is 0 Å². The number of rotatable bonds is 4. The van der Waals surface area contributed by atoms with Crippen molar-refractivity contribution in [2.24, 2.45) is 0 Å². The minimum Gasteiger partial charge on any atom is -0.337 e. The summed E-state index contributed by atoms with van der Waals surface area (Å²) in [6.45, 7) is 1.34. The number of halogens is 1. The van der Waals surface area contributed by atoms with Crippen LogP contribution in [0.1, 0.15) is 77.3 Å². The van der Waals surface area contributed by atoms with Gasteiger partial charge in [0.25, 0.3) is 5.91 Å². The molecule has 31 heavy (non-hydrogen) atoms. The lowest BCUT2D eigenvalue weighted by atomic mass is 9.96. The average molecular weight is 420 g/mol. The third kappa shape index (κ3) is 3.25. The number of hydrogen-bond acceptors (Lipinski definition) is 4. The number of H-pyrrole nitrogens is 1. The van der Waals surface area contributed by atoms with Crippen LogP contribution in [0.2, 0.25) is 0 Å². The molecule has 0 bridgehead atoms. The van der Waals surface area contributed by atoms with E-state index in [4.69, 9.17) is 4.98 Å². The zero-order valence-corrected chi connectivity index (χ0v) is 17.4. The zero-order chi connectivity index (χ0) is 20.9. The zero-order valence-electron chi connectivity index (χ0n) is 17.4. The van der Waals surface area contributed by atoms with E-state index in [0.717, 1.165) is 55.0 Å². The fourth-order valence-electron chi connectivity index (χ4n) is 4.93. The van der Waals surface area contributed by atoms with Crippen LogP contribution in [0.4, 0.5) is 4.39 Å². The Labute approximate surface area is 179 Å². The van der Waals surface area contributed by atoms with Gasteiger partial charge in [-0.2, -0.15) is 10.2 Å². The Bertz CT molecular complexity index is 1140. The lowest BCUT2D eigenvalue weighted by Crippen LogP contribution is -2.38. The summed E-state index contributed by atoms with van der Waals surface area (Å²) in [6.07, 6.45) is 6.72. The summed E-state index contributed by atoms with van der Waals surface area (Å²) < 4.78 is 16.0. The van der Waals surface area contributed by atoms with Gasteiger partial charge in [-0.3, -0.25) is 9.89 Å². The molecule has 3 aliphatic rings. The summed E-state index contributed by atoms with van der Waals surface area (Å²) in [7, 11) is 0. The molecular formula is C23H25FN6O. The first-order valence-electron chi connectivity index (χ1n) is 11.3. The largest absolute Gasteiger partial charge is 0.337 e. The van der Waals surface area contributed by atoms with E-state index in [2.05, 4.69) is 15.3 Å². The fraction of sp³-hybridized carbons (Fsp3) is 0.478. The molecule has 3 heterocycles. The molecule has 0 atom stereocenters. The summed E-state index contributed by atoms with van der Waals surface area (Å²) >= 11 is 0. The Morgan fingerprint density at radius 3 is 2.65 bits per heavy atom. The van der Waals surface area contributed by atoms with Crippen molar-refractivity contribution in [3.63, 3.8) is 0 Å². The SMILES string of the molecule is O=C(c1nn(-c2ccccc2F)c2c1CCC2)N1CCC(c2nc(C3CC3)n[nH]2)CC1. The highest BCUT2D eigenvalue weighted by atomic mass is 19.1. The average Bonchev–Trinajstić information content (AvgIpc) is 3.20. The third-order valence-corrected chi connectivity index (χ3v) is 6.84. The normalized spacial score (nSPS) is 19.1. The van der Waals surface area contributed by atoms with Crippen LogP contribution in [0.3, 0.4) is 0 Å². The van der Waals surface area contributed by atoms with Gasteiger partial charge < -0.3 is 4.90 Å². The molecule has 2 aliphatic carbocycles. The second-order valence-electron chi connectivity index (χ2n) is 8.91. The first-order valence-corrected chi connectivity index (χ1v) is 11.3. The maximum absolute atomic E-state index is 14.4. The molecule has 7 nitrogen and oxygen atoms in total. The predicted molar refractivity (Wildman–Crippen MR) is 112 cm³/mol. The lowest BCUT2D eigenvalue weighted by Gasteiger charge is -2.30. The van der Waals surface area contributed by atoms with Gasteiger partial charge >= 0.3 is 0 Å². The molecule has 1 saturated heterocycles. The number of carbonyl (C=O) groups excluding carboxylic acids is 1. The molecular weight excluding hydrogens is 395 g/mol. The number of benzene rings is 1. The number of para-hydroxylation sites is 1. The van der Waals surface area contributed by atoms with Crippen molar-refractivity contribution in [1.82, 2.24) is 29.9 Å². The quantitative estimate of drug-likeness (QED) is 0.700. The number of nitrogens with zero attached hydrogens (tertiary/aromatic N) is 5. The molecule has 6 rings (SSSR count). The second kappa shape index (κ2) is 7.28. The van der Waals surface area contributed by atoms with Gasteiger partial charge in [0.05, 0.1) is 0 Å². The van der Waals surface area contributed by atoms with Crippen LogP contribution in [0.25, 0.3) is 5.69 Å². The molecule has 1 saturated carbocycles. The van der Waals surface area contributed by atoms with E-state index >= 15 is 0 Å². The summed E-state index contributed by atoms with van der Waals surface area (Å²) in [4.78, 5) is 19.9. The van der Waals surface area contributed by atoms with E-state index in [9.17, 15) is 9.18 Å². The van der Waals surface area contributed by atoms with Crippen molar-refractivity contribution in [3.8, 4) is 5.69 Å². The highest BCUT2D eigenvalue weighted by Gasteiger charge is 2.34. The molecule has 0 radical (unpaired) electrons. The van der Waals surface area contributed by atoms with Crippen LogP contribution in [0.5, 0.6) is 0 Å². The molecule has 0 spiro atoms. The predicted octanol–water partition coefficient (Wildman–Crippen LogP) is 3.52. The monoisotopic (exact) mass is 420 g/mol. The topological polar surface area (TPSA) is 79.7 Å². The minimum absolute atomic E-state index is 0.0390. The number of amides is 1. The van der Waals surface area contributed by atoms with Crippen molar-refractivity contribution in [3.05, 3.63) is 58.7 Å². The lowest BCUT2D eigenvalue weighted by molar-refractivity contribution is 0.0703. The molecule has 1 N–H and O–H groups in total. The summed E-state index contributed by atoms with van der Waals surface area (Å²) in [5.74, 6) is 2.39. The number of nitrogens with one attached hydrogen (secondary N) is 1. The van der Waals surface area contributed by atoms with E-state index in [-0.39, 0.29) is 11.7 Å². The molecule has 2 fully saturated rings. The van der Waals surface area contributed by atoms with E-state index in [1.165, 1.54) is 18.9 Å². The number of fused-ring (bicyclic) bond motifs is 1. The van der Waals surface area contributed by atoms with E-state index < -0.39 is 0 Å². The van der Waals surface area contributed by atoms with Gasteiger partial charge in [-0.05, 0) is 57.1 Å². The van der Waals surface area contributed by atoms with Gasteiger partial charge in [-0.1, -0.05) is 12.1 Å². The Kier molecular flexibility index (Phi) is 4.40. The molecule has 1 amide bonds. The summed E-state index contributed by atoms with van der Waals surface area (Å²) in [6, 6.07) is 6.61. The molecule has 3 aromatic rings.